The predicted octanol–water partition coefficient (Wildman–Crippen LogP) is 2.55. The Labute approximate surface area is 185 Å². The van der Waals surface area contributed by atoms with Crippen LogP contribution in [0.25, 0.3) is 0 Å². The quantitative estimate of drug-likeness (QED) is 0.218. The molecule has 0 rings (SSSR count). The summed E-state index contributed by atoms with van der Waals surface area (Å²) in [6, 6.07) is 0. The van der Waals surface area contributed by atoms with E-state index in [1.165, 1.54) is 51.4 Å². The first-order valence-electron chi connectivity index (χ1n) is 10.5. The number of unbranched alkanes of at least 4 members (excludes halogenated alkanes) is 11. The molecule has 2 unspecified atom stereocenters. The van der Waals surface area contributed by atoms with E-state index in [4.69, 9.17) is 0 Å². The van der Waals surface area contributed by atoms with Crippen molar-refractivity contribution < 1.29 is 47.6 Å². The van der Waals surface area contributed by atoms with Crippen LogP contribution in [0.15, 0.2) is 0 Å². The first-order chi connectivity index (χ1) is 11.9. The Morgan fingerprint density at radius 1 is 0.731 bits per heavy atom. The number of aliphatic hydroxyl groups excluding tert-OH is 1. The van der Waals surface area contributed by atoms with Crippen LogP contribution in [0.5, 0.6) is 0 Å². The van der Waals surface area contributed by atoms with Crippen molar-refractivity contribution in [3.05, 3.63) is 0 Å². The third-order valence-corrected chi connectivity index (χ3v) is 6.21. The zero-order chi connectivity index (χ0) is 19.0. The van der Waals surface area contributed by atoms with Crippen molar-refractivity contribution in [3.63, 3.8) is 0 Å². The zero-order valence-corrected chi connectivity index (χ0v) is 20.4. The Morgan fingerprint density at radius 2 is 1.12 bits per heavy atom. The molecular weight excluding hydrogens is 359 g/mol. The summed E-state index contributed by atoms with van der Waals surface area (Å²) in [7, 11) is -4.30. The van der Waals surface area contributed by atoms with E-state index in [-0.39, 0.29) is 36.0 Å². The second-order valence-electron chi connectivity index (χ2n) is 7.47. The minimum atomic E-state index is -4.30. The molecule has 1 N–H and O–H groups in total. The topological polar surface area (TPSA) is 77.4 Å². The van der Waals surface area contributed by atoms with E-state index in [0.717, 1.165) is 32.1 Å². The Morgan fingerprint density at radius 3 is 1.58 bits per heavy atom. The van der Waals surface area contributed by atoms with Crippen molar-refractivity contribution >= 4 is 10.1 Å². The molecule has 0 aromatic rings. The summed E-state index contributed by atoms with van der Waals surface area (Å²) in [4.78, 5) is 0. The molecule has 0 bridgehead atoms. The van der Waals surface area contributed by atoms with Gasteiger partial charge in [-0.05, 0) is 19.3 Å². The number of hydrogen-bond acceptors (Lipinski definition) is 4. The van der Waals surface area contributed by atoms with Crippen LogP contribution in [0.3, 0.4) is 0 Å². The normalized spacial score (nSPS) is 14.0. The minimum Gasteiger partial charge on any atom is -0.748 e. The van der Waals surface area contributed by atoms with Gasteiger partial charge in [0.2, 0.25) is 0 Å². The van der Waals surface area contributed by atoms with Gasteiger partial charge in [0.05, 0.1) is 21.5 Å². The fourth-order valence-corrected chi connectivity index (χ4v) is 4.20. The van der Waals surface area contributed by atoms with Crippen LogP contribution in [-0.2, 0) is 10.1 Å². The molecule has 0 spiro atoms. The Hall–Kier alpha value is 0.870. The van der Waals surface area contributed by atoms with Gasteiger partial charge >= 0.3 is 29.6 Å². The van der Waals surface area contributed by atoms with Gasteiger partial charge < -0.3 is 9.66 Å². The molecule has 2 atom stereocenters. The summed E-state index contributed by atoms with van der Waals surface area (Å²) in [6.45, 7) is 4.27. The predicted molar refractivity (Wildman–Crippen MR) is 105 cm³/mol. The standard InChI is InChI=1S/C20H42O4S.Na/c1-3-5-7-8-9-10-11-12-13-15-16-19(21)18-20(25(22,23)24)17-14-6-4-2;/h19-21H,3-18H2,1-2H3,(H,22,23,24);/q;+1/p-1. The van der Waals surface area contributed by atoms with Gasteiger partial charge in [-0.1, -0.05) is 97.3 Å². The fraction of sp³-hybridized carbons (Fsp3) is 1.00. The third-order valence-electron chi connectivity index (χ3n) is 4.96. The van der Waals surface area contributed by atoms with Crippen LogP contribution in [0, 0.1) is 0 Å². The van der Waals surface area contributed by atoms with E-state index in [9.17, 15) is 18.1 Å². The second kappa shape index (κ2) is 19.2. The maximum Gasteiger partial charge on any atom is 1.00 e. The zero-order valence-electron chi connectivity index (χ0n) is 17.5. The molecular formula is C20H41NaO4S. The molecule has 0 fully saturated rings. The van der Waals surface area contributed by atoms with Gasteiger partial charge in [0.15, 0.2) is 0 Å². The molecule has 0 heterocycles. The van der Waals surface area contributed by atoms with Crippen LogP contribution >= 0.6 is 0 Å². The van der Waals surface area contributed by atoms with Crippen molar-refractivity contribution in [2.75, 3.05) is 0 Å². The van der Waals surface area contributed by atoms with E-state index in [2.05, 4.69) is 6.92 Å². The van der Waals surface area contributed by atoms with E-state index in [0.29, 0.717) is 12.8 Å². The van der Waals surface area contributed by atoms with Gasteiger partial charge in [0.25, 0.3) is 0 Å². The number of hydrogen-bond donors (Lipinski definition) is 1. The third kappa shape index (κ3) is 18.2. The monoisotopic (exact) mass is 400 g/mol. The summed E-state index contributed by atoms with van der Waals surface area (Å²) in [5.41, 5.74) is 0. The van der Waals surface area contributed by atoms with Crippen LogP contribution in [0.1, 0.15) is 117 Å². The molecule has 0 aliphatic rings. The molecule has 0 amide bonds. The van der Waals surface area contributed by atoms with Crippen molar-refractivity contribution in [1.82, 2.24) is 0 Å². The molecule has 26 heavy (non-hydrogen) atoms. The molecule has 152 valence electrons. The SMILES string of the molecule is CCCCCCCCCCCCC(O)CC(CCCCC)S(=O)(=O)[O-].[Na+]. The molecule has 4 nitrogen and oxygen atoms in total. The van der Waals surface area contributed by atoms with Crippen LogP contribution < -0.4 is 29.6 Å². The summed E-state index contributed by atoms with van der Waals surface area (Å²) in [6.07, 6.45) is 15.5. The van der Waals surface area contributed by atoms with Crippen molar-refractivity contribution in [2.45, 2.75) is 128 Å². The maximum atomic E-state index is 11.3. The molecule has 0 saturated heterocycles. The summed E-state index contributed by atoms with van der Waals surface area (Å²) in [5.74, 6) is 0. The van der Waals surface area contributed by atoms with E-state index < -0.39 is 21.5 Å². The van der Waals surface area contributed by atoms with Crippen molar-refractivity contribution in [3.8, 4) is 0 Å². The average molecular weight is 401 g/mol. The van der Waals surface area contributed by atoms with E-state index in [1.807, 2.05) is 6.92 Å². The van der Waals surface area contributed by atoms with Gasteiger partial charge in [-0.15, -0.1) is 0 Å². The molecule has 0 radical (unpaired) electrons. The summed E-state index contributed by atoms with van der Waals surface area (Å²) < 4.78 is 34.0. The molecule has 0 aromatic heterocycles. The molecule has 0 saturated carbocycles. The maximum absolute atomic E-state index is 11.3. The minimum absolute atomic E-state index is 0. The molecule has 0 aromatic carbocycles. The van der Waals surface area contributed by atoms with Gasteiger partial charge in [-0.2, -0.15) is 0 Å². The first kappa shape index (κ1) is 29.1. The number of rotatable bonds is 18. The van der Waals surface area contributed by atoms with Gasteiger partial charge in [-0.3, -0.25) is 0 Å². The van der Waals surface area contributed by atoms with Gasteiger partial charge in [0.1, 0.15) is 0 Å². The van der Waals surface area contributed by atoms with Crippen molar-refractivity contribution in [1.29, 1.82) is 0 Å². The average Bonchev–Trinajstić information content (AvgIpc) is 2.55. The van der Waals surface area contributed by atoms with E-state index >= 15 is 0 Å². The summed E-state index contributed by atoms with van der Waals surface area (Å²) in [5, 5.41) is 9.14. The van der Waals surface area contributed by atoms with Crippen LogP contribution in [0.2, 0.25) is 0 Å². The van der Waals surface area contributed by atoms with Crippen molar-refractivity contribution in [2.24, 2.45) is 0 Å². The smallest absolute Gasteiger partial charge is 0.748 e. The fourth-order valence-electron chi connectivity index (χ4n) is 3.29. The van der Waals surface area contributed by atoms with Crippen LogP contribution in [0.4, 0.5) is 0 Å². The van der Waals surface area contributed by atoms with Gasteiger partial charge in [-0.25, -0.2) is 8.42 Å². The molecule has 0 aliphatic heterocycles. The van der Waals surface area contributed by atoms with Gasteiger partial charge in [0, 0.05) is 0 Å². The Balaban J connectivity index is 0. The van der Waals surface area contributed by atoms with E-state index in [1.54, 1.807) is 0 Å². The van der Waals surface area contributed by atoms with Crippen LogP contribution in [-0.4, -0.2) is 29.4 Å². The summed E-state index contributed by atoms with van der Waals surface area (Å²) >= 11 is 0. The first-order valence-corrected chi connectivity index (χ1v) is 12.0. The second-order valence-corrected chi connectivity index (χ2v) is 9.12. The Kier molecular flexibility index (Phi) is 21.5. The number of aliphatic hydroxyl groups is 1. The Bertz CT molecular complexity index is 387. The largest absolute Gasteiger partial charge is 1.00 e. The molecule has 0 aliphatic carbocycles. The molecule has 6 heteroatoms.